The molecule has 90 valence electrons. The van der Waals surface area contributed by atoms with Crippen LogP contribution < -0.4 is 0 Å². The van der Waals surface area contributed by atoms with Crippen molar-refractivity contribution in [3.05, 3.63) is 22.4 Å². The van der Waals surface area contributed by atoms with Gasteiger partial charge in [0, 0.05) is 15.1 Å². The Hall–Kier alpha value is 0.140. The monoisotopic (exact) mass is 302 g/mol. The van der Waals surface area contributed by atoms with E-state index in [0.29, 0.717) is 16.3 Å². The van der Waals surface area contributed by atoms with E-state index in [2.05, 4.69) is 47.3 Å². The van der Waals surface area contributed by atoms with Gasteiger partial charge in [-0.05, 0) is 30.7 Å². The van der Waals surface area contributed by atoms with Crippen LogP contribution in [0.5, 0.6) is 0 Å². The molecule has 0 saturated heterocycles. The van der Waals surface area contributed by atoms with E-state index in [0.717, 1.165) is 13.0 Å². The lowest BCUT2D eigenvalue weighted by molar-refractivity contribution is -0.115. The van der Waals surface area contributed by atoms with Crippen molar-refractivity contribution < 1.29 is 4.74 Å². The van der Waals surface area contributed by atoms with Crippen LogP contribution in [0.25, 0.3) is 0 Å². The van der Waals surface area contributed by atoms with Gasteiger partial charge in [-0.25, -0.2) is 0 Å². The molecule has 0 amide bonds. The van der Waals surface area contributed by atoms with Crippen LogP contribution in [-0.2, 0) is 11.3 Å². The van der Waals surface area contributed by atoms with Crippen LogP contribution in [-0.4, -0.2) is 10.9 Å². The Morgan fingerprint density at radius 3 is 2.75 bits per heavy atom. The highest BCUT2D eigenvalue weighted by molar-refractivity contribution is 9.09. The van der Waals surface area contributed by atoms with Gasteiger partial charge in [-0.15, -0.1) is 11.3 Å². The second-order valence-corrected chi connectivity index (χ2v) is 6.66. The zero-order valence-corrected chi connectivity index (χ0v) is 12.3. The van der Waals surface area contributed by atoms with Gasteiger partial charge in [0.15, 0.2) is 0 Å². The van der Waals surface area contributed by atoms with Crippen molar-refractivity contribution >= 4 is 27.3 Å². The average molecular weight is 303 g/mol. The molecule has 0 radical (unpaired) electrons. The molecule has 1 fully saturated rings. The third-order valence-corrected chi connectivity index (χ3v) is 6.14. The normalized spacial score (nSPS) is 27.7. The van der Waals surface area contributed by atoms with Crippen molar-refractivity contribution in [1.82, 2.24) is 0 Å². The summed E-state index contributed by atoms with van der Waals surface area (Å²) in [6.07, 6.45) is 4.00. The Kier molecular flexibility index (Phi) is 4.09. The molecule has 1 aromatic heterocycles. The standard InChI is InChI=1S/C13H19BrOS/c1-3-13(4-2)11(14)8-12(13)15-9-10-6-5-7-16-10/h5-7,11-12H,3-4,8-9H2,1-2H3. The molecule has 1 heterocycles. The number of ether oxygens (including phenoxy) is 1. The Bertz CT molecular complexity index is 319. The van der Waals surface area contributed by atoms with E-state index in [4.69, 9.17) is 4.74 Å². The van der Waals surface area contributed by atoms with E-state index in [1.54, 1.807) is 11.3 Å². The fraction of sp³-hybridized carbons (Fsp3) is 0.692. The molecule has 16 heavy (non-hydrogen) atoms. The second kappa shape index (κ2) is 5.19. The SMILES string of the molecule is CCC1(CC)C(Br)CC1OCc1cccs1. The Balaban J connectivity index is 1.91. The van der Waals surface area contributed by atoms with E-state index < -0.39 is 0 Å². The molecule has 0 spiro atoms. The molecule has 1 saturated carbocycles. The lowest BCUT2D eigenvalue weighted by Gasteiger charge is -2.53. The smallest absolute Gasteiger partial charge is 0.0813 e. The number of hydrogen-bond donors (Lipinski definition) is 0. The molecule has 1 aliphatic rings. The van der Waals surface area contributed by atoms with Crippen LogP contribution in [0.1, 0.15) is 38.0 Å². The molecule has 1 aromatic rings. The highest BCUT2D eigenvalue weighted by Crippen LogP contribution is 2.52. The van der Waals surface area contributed by atoms with E-state index in [1.807, 2.05) is 0 Å². The Labute approximate surface area is 110 Å². The third kappa shape index (κ3) is 2.09. The Morgan fingerprint density at radius 1 is 1.50 bits per heavy atom. The van der Waals surface area contributed by atoms with Crippen molar-refractivity contribution in [1.29, 1.82) is 0 Å². The van der Waals surface area contributed by atoms with Gasteiger partial charge in [0.1, 0.15) is 0 Å². The molecule has 1 aliphatic carbocycles. The number of hydrogen-bond acceptors (Lipinski definition) is 2. The van der Waals surface area contributed by atoms with Crippen molar-refractivity contribution in [3.8, 4) is 0 Å². The summed E-state index contributed by atoms with van der Waals surface area (Å²) in [5, 5.41) is 2.11. The number of thiophene rings is 1. The second-order valence-electron chi connectivity index (χ2n) is 4.52. The van der Waals surface area contributed by atoms with Crippen LogP contribution in [0.2, 0.25) is 0 Å². The van der Waals surface area contributed by atoms with E-state index in [-0.39, 0.29) is 0 Å². The topological polar surface area (TPSA) is 9.23 Å². The maximum atomic E-state index is 6.07. The lowest BCUT2D eigenvalue weighted by atomic mass is 9.62. The van der Waals surface area contributed by atoms with Crippen molar-refractivity contribution in [2.45, 2.75) is 50.6 Å². The lowest BCUT2D eigenvalue weighted by Crippen LogP contribution is -2.54. The first-order valence-corrected chi connectivity index (χ1v) is 7.80. The van der Waals surface area contributed by atoms with Gasteiger partial charge in [-0.3, -0.25) is 0 Å². The van der Waals surface area contributed by atoms with Crippen LogP contribution in [0.3, 0.4) is 0 Å². The van der Waals surface area contributed by atoms with Crippen LogP contribution in [0.4, 0.5) is 0 Å². The van der Waals surface area contributed by atoms with Crippen LogP contribution in [0, 0.1) is 5.41 Å². The van der Waals surface area contributed by atoms with Gasteiger partial charge in [0.25, 0.3) is 0 Å². The van der Waals surface area contributed by atoms with Gasteiger partial charge in [0.05, 0.1) is 12.7 Å². The van der Waals surface area contributed by atoms with Gasteiger partial charge < -0.3 is 4.74 Å². The summed E-state index contributed by atoms with van der Waals surface area (Å²) in [5.41, 5.74) is 0.372. The summed E-state index contributed by atoms with van der Waals surface area (Å²) >= 11 is 5.56. The minimum Gasteiger partial charge on any atom is -0.372 e. The van der Waals surface area contributed by atoms with E-state index in [1.165, 1.54) is 17.7 Å². The molecule has 0 N–H and O–H groups in total. The maximum Gasteiger partial charge on any atom is 0.0813 e. The molecule has 0 bridgehead atoms. The molecule has 2 atom stereocenters. The van der Waals surface area contributed by atoms with Crippen LogP contribution in [0.15, 0.2) is 17.5 Å². The molecular formula is C13H19BrOS. The first-order valence-electron chi connectivity index (χ1n) is 6.01. The minimum absolute atomic E-state index is 0.372. The maximum absolute atomic E-state index is 6.07. The predicted octanol–water partition coefficient (Wildman–Crippen LogP) is 4.61. The molecule has 0 aliphatic heterocycles. The van der Waals surface area contributed by atoms with Gasteiger partial charge in [-0.1, -0.05) is 35.8 Å². The van der Waals surface area contributed by atoms with Gasteiger partial charge in [0.2, 0.25) is 0 Å². The van der Waals surface area contributed by atoms with E-state index >= 15 is 0 Å². The highest BCUT2D eigenvalue weighted by atomic mass is 79.9. The van der Waals surface area contributed by atoms with Gasteiger partial charge in [-0.2, -0.15) is 0 Å². The third-order valence-electron chi connectivity index (χ3n) is 4.01. The zero-order valence-electron chi connectivity index (χ0n) is 9.91. The van der Waals surface area contributed by atoms with Gasteiger partial charge >= 0.3 is 0 Å². The number of halogens is 1. The fourth-order valence-electron chi connectivity index (χ4n) is 2.66. The molecule has 3 heteroatoms. The predicted molar refractivity (Wildman–Crippen MR) is 73.2 cm³/mol. The highest BCUT2D eigenvalue weighted by Gasteiger charge is 2.52. The molecule has 1 nitrogen and oxygen atoms in total. The average Bonchev–Trinajstić information content (AvgIpc) is 2.78. The summed E-state index contributed by atoms with van der Waals surface area (Å²) in [5.74, 6) is 0. The first-order chi connectivity index (χ1) is 7.73. The quantitative estimate of drug-likeness (QED) is 0.722. The largest absolute Gasteiger partial charge is 0.372 e. The Morgan fingerprint density at radius 2 is 2.25 bits per heavy atom. The van der Waals surface area contributed by atoms with Crippen molar-refractivity contribution in [2.75, 3.05) is 0 Å². The molecule has 2 unspecified atom stereocenters. The summed E-state index contributed by atoms with van der Waals surface area (Å²) in [6, 6.07) is 4.23. The summed E-state index contributed by atoms with van der Waals surface area (Å²) in [6.45, 7) is 5.33. The minimum atomic E-state index is 0.372. The molecular weight excluding hydrogens is 284 g/mol. The van der Waals surface area contributed by atoms with Crippen molar-refractivity contribution in [2.24, 2.45) is 5.41 Å². The van der Waals surface area contributed by atoms with Crippen molar-refractivity contribution in [3.63, 3.8) is 0 Å². The first kappa shape index (κ1) is 12.6. The number of rotatable bonds is 5. The molecule has 2 rings (SSSR count). The zero-order chi connectivity index (χ0) is 11.6. The summed E-state index contributed by atoms with van der Waals surface area (Å²) in [7, 11) is 0. The number of alkyl halides is 1. The van der Waals surface area contributed by atoms with E-state index in [9.17, 15) is 0 Å². The summed E-state index contributed by atoms with van der Waals surface area (Å²) in [4.78, 5) is 1.97. The summed E-state index contributed by atoms with van der Waals surface area (Å²) < 4.78 is 6.07. The fourth-order valence-corrected chi connectivity index (χ4v) is 4.57. The molecule has 0 aromatic carbocycles. The van der Waals surface area contributed by atoms with Crippen LogP contribution >= 0.6 is 27.3 Å².